The van der Waals surface area contributed by atoms with Crippen LogP contribution in [0.5, 0.6) is 11.5 Å². The van der Waals surface area contributed by atoms with Crippen molar-refractivity contribution >= 4 is 27.5 Å². The number of ether oxygens (including phenoxy) is 2. The normalized spacial score (nSPS) is 14.4. The SMILES string of the molecule is COc1ccc(N(CC(=O)N(CCc2ccccc2)[C@H](C)C(=O)NC2CCCCC2)S(=O)(=O)c2ccc(C)cc2)cc1OC. The minimum absolute atomic E-state index is 0.0459. The van der Waals surface area contributed by atoms with Gasteiger partial charge in [0.25, 0.3) is 10.0 Å². The van der Waals surface area contributed by atoms with Gasteiger partial charge in [0.1, 0.15) is 12.6 Å². The molecule has 0 aliphatic heterocycles. The van der Waals surface area contributed by atoms with E-state index in [0.717, 1.165) is 47.5 Å². The average Bonchev–Trinajstić information content (AvgIpc) is 3.04. The van der Waals surface area contributed by atoms with E-state index < -0.39 is 28.5 Å². The van der Waals surface area contributed by atoms with Gasteiger partial charge in [-0.15, -0.1) is 0 Å². The number of hydrogen-bond donors (Lipinski definition) is 1. The molecule has 1 fully saturated rings. The van der Waals surface area contributed by atoms with Crippen LogP contribution in [0.2, 0.25) is 0 Å². The number of carbonyl (C=O) groups is 2. The zero-order chi connectivity index (χ0) is 31.7. The van der Waals surface area contributed by atoms with E-state index in [1.54, 1.807) is 31.2 Å². The van der Waals surface area contributed by atoms with Crippen molar-refractivity contribution in [2.24, 2.45) is 0 Å². The van der Waals surface area contributed by atoms with Gasteiger partial charge in [0.05, 0.1) is 24.8 Å². The van der Waals surface area contributed by atoms with Crippen LogP contribution in [0.25, 0.3) is 0 Å². The summed E-state index contributed by atoms with van der Waals surface area (Å²) in [6.45, 7) is 3.31. The minimum Gasteiger partial charge on any atom is -0.493 e. The Kier molecular flexibility index (Phi) is 11.3. The molecule has 0 unspecified atom stereocenters. The molecular weight excluding hydrogens is 578 g/mol. The zero-order valence-electron chi connectivity index (χ0n) is 26.0. The van der Waals surface area contributed by atoms with Gasteiger partial charge in [0.2, 0.25) is 11.8 Å². The second-order valence-electron chi connectivity index (χ2n) is 11.2. The number of benzene rings is 3. The molecule has 3 aromatic carbocycles. The fourth-order valence-electron chi connectivity index (χ4n) is 5.49. The molecule has 0 radical (unpaired) electrons. The van der Waals surface area contributed by atoms with Gasteiger partial charge in [0, 0.05) is 18.7 Å². The summed E-state index contributed by atoms with van der Waals surface area (Å²) in [7, 11) is -1.24. The summed E-state index contributed by atoms with van der Waals surface area (Å²) in [6.07, 6.45) is 5.62. The smallest absolute Gasteiger partial charge is 0.264 e. The van der Waals surface area contributed by atoms with Crippen molar-refractivity contribution in [3.8, 4) is 11.5 Å². The second-order valence-corrected chi connectivity index (χ2v) is 13.1. The first-order valence-corrected chi connectivity index (χ1v) is 16.5. The summed E-state index contributed by atoms with van der Waals surface area (Å²) < 4.78 is 40.1. The highest BCUT2D eigenvalue weighted by molar-refractivity contribution is 7.92. The number of anilines is 1. The summed E-state index contributed by atoms with van der Waals surface area (Å²) in [4.78, 5) is 29.2. The van der Waals surface area contributed by atoms with Crippen LogP contribution in [0, 0.1) is 6.92 Å². The lowest BCUT2D eigenvalue weighted by molar-refractivity contribution is -0.139. The van der Waals surface area contributed by atoms with Crippen LogP contribution in [-0.4, -0.2) is 64.5 Å². The molecule has 0 bridgehead atoms. The first-order chi connectivity index (χ1) is 21.1. The van der Waals surface area contributed by atoms with Crippen LogP contribution in [0.15, 0.2) is 77.7 Å². The Hall–Kier alpha value is -4.05. The van der Waals surface area contributed by atoms with Crippen molar-refractivity contribution < 1.29 is 27.5 Å². The van der Waals surface area contributed by atoms with Crippen molar-refractivity contribution in [3.63, 3.8) is 0 Å². The molecule has 2 amide bonds. The third-order valence-electron chi connectivity index (χ3n) is 8.15. The number of sulfonamides is 1. The molecule has 3 aromatic rings. The molecule has 1 aliphatic carbocycles. The van der Waals surface area contributed by atoms with Gasteiger partial charge in [-0.3, -0.25) is 13.9 Å². The fourth-order valence-corrected chi connectivity index (χ4v) is 6.89. The fraction of sp³-hybridized carbons (Fsp3) is 0.412. The molecule has 4 rings (SSSR count). The molecular formula is C34H43N3O6S. The van der Waals surface area contributed by atoms with Gasteiger partial charge < -0.3 is 19.7 Å². The standard InChI is InChI=1S/C34H43N3O6S/c1-25-15-18-30(19-16-25)44(40,41)37(29-17-20-31(42-3)32(23-29)43-4)24-33(38)36(22-21-27-11-7-5-8-12-27)26(2)34(39)35-28-13-9-6-10-14-28/h5,7-8,11-12,15-20,23,26,28H,6,9-10,13-14,21-22,24H2,1-4H3,(H,35,39)/t26-/m1/s1. The summed E-state index contributed by atoms with van der Waals surface area (Å²) in [6, 6.07) is 20.2. The maximum atomic E-state index is 14.2. The maximum absolute atomic E-state index is 14.2. The highest BCUT2D eigenvalue weighted by atomic mass is 32.2. The summed E-state index contributed by atoms with van der Waals surface area (Å²) in [5.74, 6) is 0.0190. The number of nitrogens with one attached hydrogen (secondary N) is 1. The summed E-state index contributed by atoms with van der Waals surface area (Å²) in [5, 5.41) is 3.13. The maximum Gasteiger partial charge on any atom is 0.264 e. The van der Waals surface area contributed by atoms with Crippen LogP contribution < -0.4 is 19.1 Å². The number of amides is 2. The Bertz CT molecular complexity index is 1510. The van der Waals surface area contributed by atoms with E-state index in [9.17, 15) is 18.0 Å². The molecule has 1 saturated carbocycles. The van der Waals surface area contributed by atoms with Crippen molar-refractivity contribution in [2.75, 3.05) is 31.6 Å². The van der Waals surface area contributed by atoms with E-state index in [2.05, 4.69) is 5.32 Å². The van der Waals surface area contributed by atoms with Gasteiger partial charge in [-0.2, -0.15) is 0 Å². The van der Waals surface area contributed by atoms with Crippen LogP contribution in [0.3, 0.4) is 0 Å². The Labute approximate surface area is 261 Å². The van der Waals surface area contributed by atoms with Crippen LogP contribution in [-0.2, 0) is 26.0 Å². The van der Waals surface area contributed by atoms with Gasteiger partial charge in [-0.05, 0) is 62.9 Å². The molecule has 9 nitrogen and oxygen atoms in total. The largest absolute Gasteiger partial charge is 0.493 e. The molecule has 1 atom stereocenters. The van der Waals surface area contributed by atoms with E-state index in [0.29, 0.717) is 17.9 Å². The highest BCUT2D eigenvalue weighted by Crippen LogP contribution is 2.34. The molecule has 0 heterocycles. The number of methoxy groups -OCH3 is 2. The predicted octanol–water partition coefficient (Wildman–Crippen LogP) is 5.12. The number of hydrogen-bond acceptors (Lipinski definition) is 6. The van der Waals surface area contributed by atoms with Gasteiger partial charge >= 0.3 is 0 Å². The van der Waals surface area contributed by atoms with Gasteiger partial charge in [-0.1, -0.05) is 67.3 Å². The third kappa shape index (κ3) is 8.11. The quantitative estimate of drug-likeness (QED) is 0.284. The molecule has 44 heavy (non-hydrogen) atoms. The molecule has 0 spiro atoms. The number of nitrogens with zero attached hydrogens (tertiary/aromatic N) is 2. The van der Waals surface area contributed by atoms with E-state index in [4.69, 9.17) is 9.47 Å². The Morgan fingerprint density at radius 3 is 2.20 bits per heavy atom. The molecule has 1 N–H and O–H groups in total. The lowest BCUT2D eigenvalue weighted by Gasteiger charge is -2.33. The molecule has 0 saturated heterocycles. The number of aryl methyl sites for hydroxylation is 1. The summed E-state index contributed by atoms with van der Waals surface area (Å²) in [5.41, 5.74) is 2.15. The monoisotopic (exact) mass is 621 g/mol. The highest BCUT2D eigenvalue weighted by Gasteiger charge is 2.33. The lowest BCUT2D eigenvalue weighted by Crippen LogP contribution is -2.53. The Balaban J connectivity index is 1.68. The van der Waals surface area contributed by atoms with E-state index >= 15 is 0 Å². The molecule has 1 aliphatic rings. The second kappa shape index (κ2) is 15.1. The molecule has 236 valence electrons. The Morgan fingerprint density at radius 1 is 0.909 bits per heavy atom. The van der Waals surface area contributed by atoms with Crippen LogP contribution >= 0.6 is 0 Å². The van der Waals surface area contributed by atoms with E-state index in [1.807, 2.05) is 37.3 Å². The van der Waals surface area contributed by atoms with Crippen LogP contribution in [0.4, 0.5) is 5.69 Å². The van der Waals surface area contributed by atoms with Crippen molar-refractivity contribution in [3.05, 3.63) is 83.9 Å². The van der Waals surface area contributed by atoms with E-state index in [1.165, 1.54) is 37.3 Å². The minimum atomic E-state index is -4.19. The third-order valence-corrected chi connectivity index (χ3v) is 9.93. The van der Waals surface area contributed by atoms with Crippen LogP contribution in [0.1, 0.15) is 50.2 Å². The van der Waals surface area contributed by atoms with Gasteiger partial charge in [-0.25, -0.2) is 8.42 Å². The number of rotatable bonds is 13. The summed E-state index contributed by atoms with van der Waals surface area (Å²) >= 11 is 0. The first kappa shape index (κ1) is 32.9. The average molecular weight is 622 g/mol. The Morgan fingerprint density at radius 2 is 1.57 bits per heavy atom. The van der Waals surface area contributed by atoms with Crippen molar-refractivity contribution in [2.45, 2.75) is 69.4 Å². The lowest BCUT2D eigenvalue weighted by atomic mass is 9.95. The zero-order valence-corrected chi connectivity index (χ0v) is 26.8. The van der Waals surface area contributed by atoms with Gasteiger partial charge in [0.15, 0.2) is 11.5 Å². The molecule has 0 aromatic heterocycles. The molecule has 10 heteroatoms. The van der Waals surface area contributed by atoms with Crippen molar-refractivity contribution in [1.29, 1.82) is 0 Å². The predicted molar refractivity (Wildman–Crippen MR) is 172 cm³/mol. The van der Waals surface area contributed by atoms with E-state index in [-0.39, 0.29) is 29.1 Å². The number of carbonyl (C=O) groups excluding carboxylic acids is 2. The first-order valence-electron chi connectivity index (χ1n) is 15.1. The van der Waals surface area contributed by atoms with Crippen molar-refractivity contribution in [1.82, 2.24) is 10.2 Å². The topological polar surface area (TPSA) is 105 Å².